The summed E-state index contributed by atoms with van der Waals surface area (Å²) < 4.78 is 58.3. The lowest BCUT2D eigenvalue weighted by Gasteiger charge is -2.22. The lowest BCUT2D eigenvalue weighted by atomic mass is 9.96. The van der Waals surface area contributed by atoms with E-state index in [4.69, 9.17) is 0 Å². The molecule has 0 heterocycles. The van der Waals surface area contributed by atoms with Crippen LogP contribution in [-0.4, -0.2) is 39.8 Å². The van der Waals surface area contributed by atoms with Crippen LogP contribution < -0.4 is 9.44 Å². The fourth-order valence-electron chi connectivity index (χ4n) is 6.66. The standard InChI is InChI=1S/C26H31N3O5S2/c30-27-26-23-14-19(35(31,32)28-18-4-2-1-3-5-18)8-10-21(23)22-11-9-20(15-24(22)26)36(33,34)29-25-13-16-6-7-17(25)12-16/h8-11,14-18,25,28-30H,1-7,12-13H2/b27-26-. The summed E-state index contributed by atoms with van der Waals surface area (Å²) in [7, 11) is -7.49. The van der Waals surface area contributed by atoms with Gasteiger partial charge in [-0.3, -0.25) is 0 Å². The van der Waals surface area contributed by atoms with Crippen LogP contribution in [0.15, 0.2) is 51.3 Å². The fraction of sp³-hybridized carbons (Fsp3) is 0.500. The Morgan fingerprint density at radius 2 is 1.33 bits per heavy atom. The number of oxime groups is 1. The van der Waals surface area contributed by atoms with Crippen molar-refractivity contribution in [2.45, 2.75) is 79.7 Å². The molecule has 2 aromatic rings. The second kappa shape index (κ2) is 8.93. The maximum absolute atomic E-state index is 13.2. The van der Waals surface area contributed by atoms with Gasteiger partial charge in [0.1, 0.15) is 5.71 Å². The minimum absolute atomic E-state index is 0.0328. The first-order valence-corrected chi connectivity index (χ1v) is 15.8. The van der Waals surface area contributed by atoms with Gasteiger partial charge in [-0.25, -0.2) is 26.3 Å². The number of hydrogen-bond donors (Lipinski definition) is 3. The van der Waals surface area contributed by atoms with Gasteiger partial charge in [0.15, 0.2) is 0 Å². The topological polar surface area (TPSA) is 125 Å². The van der Waals surface area contributed by atoms with Gasteiger partial charge in [0.05, 0.1) is 9.79 Å². The lowest BCUT2D eigenvalue weighted by molar-refractivity contribution is 0.320. The van der Waals surface area contributed by atoms with Crippen LogP contribution in [0, 0.1) is 11.8 Å². The number of nitrogens with zero attached hydrogens (tertiary/aromatic N) is 1. The molecule has 3 atom stereocenters. The van der Waals surface area contributed by atoms with E-state index in [9.17, 15) is 22.0 Å². The number of rotatable bonds is 6. The second-order valence-electron chi connectivity index (χ2n) is 10.7. The maximum Gasteiger partial charge on any atom is 0.240 e. The molecule has 0 radical (unpaired) electrons. The molecular formula is C26H31N3O5S2. The monoisotopic (exact) mass is 529 g/mol. The molecular weight excluding hydrogens is 498 g/mol. The molecule has 3 saturated carbocycles. The first-order valence-electron chi connectivity index (χ1n) is 12.8. The van der Waals surface area contributed by atoms with Crippen LogP contribution >= 0.6 is 0 Å². The molecule has 0 spiro atoms. The molecule has 6 rings (SSSR count). The van der Waals surface area contributed by atoms with Crippen molar-refractivity contribution in [1.82, 2.24) is 9.44 Å². The molecule has 0 aliphatic heterocycles. The fourth-order valence-corrected chi connectivity index (χ4v) is 9.33. The molecule has 3 N–H and O–H groups in total. The molecule has 4 aliphatic rings. The summed E-state index contributed by atoms with van der Waals surface area (Å²) in [4.78, 5) is 0.219. The van der Waals surface area contributed by atoms with Crippen molar-refractivity contribution in [1.29, 1.82) is 0 Å². The van der Waals surface area contributed by atoms with Crippen LogP contribution in [-0.2, 0) is 20.0 Å². The maximum atomic E-state index is 13.2. The Bertz CT molecular complexity index is 1450. The number of sulfonamides is 2. The molecule has 0 saturated heterocycles. The molecule has 3 fully saturated rings. The highest BCUT2D eigenvalue weighted by Gasteiger charge is 2.41. The zero-order chi connectivity index (χ0) is 25.1. The van der Waals surface area contributed by atoms with Gasteiger partial charge in [0.25, 0.3) is 0 Å². The Kier molecular flexibility index (Phi) is 5.98. The average Bonchev–Trinajstić information content (AvgIpc) is 3.56. The Morgan fingerprint density at radius 3 is 1.86 bits per heavy atom. The molecule has 36 heavy (non-hydrogen) atoms. The van der Waals surface area contributed by atoms with E-state index in [2.05, 4.69) is 14.6 Å². The summed E-state index contributed by atoms with van der Waals surface area (Å²) in [5.74, 6) is 1.02. The van der Waals surface area contributed by atoms with Crippen molar-refractivity contribution in [3.05, 3.63) is 47.5 Å². The first-order chi connectivity index (χ1) is 17.2. The zero-order valence-electron chi connectivity index (χ0n) is 20.0. The third-order valence-corrected chi connectivity index (χ3v) is 11.5. The minimum Gasteiger partial charge on any atom is -0.410 e. The molecule has 3 unspecified atom stereocenters. The molecule has 192 valence electrons. The van der Waals surface area contributed by atoms with Crippen LogP contribution in [0.2, 0.25) is 0 Å². The van der Waals surface area contributed by atoms with Gasteiger partial charge < -0.3 is 5.21 Å². The van der Waals surface area contributed by atoms with Crippen molar-refractivity contribution in [2.75, 3.05) is 0 Å². The summed E-state index contributed by atoms with van der Waals surface area (Å²) in [6, 6.07) is 9.44. The highest BCUT2D eigenvalue weighted by atomic mass is 32.2. The Hall–Kier alpha value is -2.27. The first kappa shape index (κ1) is 24.1. The summed E-state index contributed by atoms with van der Waals surface area (Å²) in [6.07, 6.45) is 9.03. The van der Waals surface area contributed by atoms with E-state index in [1.54, 1.807) is 24.3 Å². The second-order valence-corrected chi connectivity index (χ2v) is 14.2. The van der Waals surface area contributed by atoms with Crippen LogP contribution in [0.3, 0.4) is 0 Å². The molecule has 10 heteroatoms. The quantitative estimate of drug-likeness (QED) is 0.329. The third kappa shape index (κ3) is 4.17. The van der Waals surface area contributed by atoms with Gasteiger partial charge in [0.2, 0.25) is 20.0 Å². The van der Waals surface area contributed by atoms with E-state index in [-0.39, 0.29) is 27.6 Å². The van der Waals surface area contributed by atoms with E-state index in [0.29, 0.717) is 34.1 Å². The molecule has 8 nitrogen and oxygen atoms in total. The minimum atomic E-state index is -3.75. The van der Waals surface area contributed by atoms with Crippen molar-refractivity contribution >= 4 is 25.8 Å². The van der Waals surface area contributed by atoms with E-state index in [0.717, 1.165) is 51.4 Å². The van der Waals surface area contributed by atoms with Gasteiger partial charge in [0, 0.05) is 23.2 Å². The molecule has 2 aromatic carbocycles. The normalized spacial score (nSPS) is 26.9. The number of fused-ring (bicyclic) bond motifs is 5. The summed E-state index contributed by atoms with van der Waals surface area (Å²) in [6.45, 7) is 0. The SMILES string of the molecule is O=S(=O)(NC1CCCCC1)c1ccc2c(c1)/C(=N/O)c1cc(S(=O)(=O)NC3CC4CCC3C4)ccc1-2. The molecule has 4 aliphatic carbocycles. The largest absolute Gasteiger partial charge is 0.410 e. The number of hydrogen-bond acceptors (Lipinski definition) is 6. The molecule has 2 bridgehead atoms. The summed E-state index contributed by atoms with van der Waals surface area (Å²) >= 11 is 0. The van der Waals surface area contributed by atoms with Crippen molar-refractivity contribution < 1.29 is 22.0 Å². The zero-order valence-corrected chi connectivity index (χ0v) is 21.6. The van der Waals surface area contributed by atoms with Gasteiger partial charge in [-0.15, -0.1) is 0 Å². The van der Waals surface area contributed by atoms with Gasteiger partial charge in [-0.05, 0) is 79.3 Å². The number of benzene rings is 2. The number of nitrogens with one attached hydrogen (secondary N) is 2. The summed E-state index contributed by atoms with van der Waals surface area (Å²) in [5, 5.41) is 13.3. The Balaban J connectivity index is 1.29. The van der Waals surface area contributed by atoms with Gasteiger partial charge >= 0.3 is 0 Å². The van der Waals surface area contributed by atoms with Crippen LogP contribution in [0.5, 0.6) is 0 Å². The highest BCUT2D eigenvalue weighted by molar-refractivity contribution is 7.89. The predicted molar refractivity (Wildman–Crippen MR) is 136 cm³/mol. The molecule has 0 aromatic heterocycles. The average molecular weight is 530 g/mol. The molecule has 0 amide bonds. The van der Waals surface area contributed by atoms with Crippen molar-refractivity contribution in [3.8, 4) is 11.1 Å². The van der Waals surface area contributed by atoms with Gasteiger partial charge in [-0.2, -0.15) is 0 Å². The highest BCUT2D eigenvalue weighted by Crippen LogP contribution is 2.45. The Labute approximate surface area is 212 Å². The van der Waals surface area contributed by atoms with Crippen LogP contribution in [0.4, 0.5) is 0 Å². The lowest BCUT2D eigenvalue weighted by Crippen LogP contribution is -2.38. The smallest absolute Gasteiger partial charge is 0.240 e. The third-order valence-electron chi connectivity index (χ3n) is 8.47. The van der Waals surface area contributed by atoms with Crippen molar-refractivity contribution in [2.24, 2.45) is 17.0 Å². The predicted octanol–water partition coefficient (Wildman–Crippen LogP) is 3.97. The van der Waals surface area contributed by atoms with E-state index < -0.39 is 20.0 Å². The Morgan fingerprint density at radius 1 is 0.722 bits per heavy atom. The summed E-state index contributed by atoms with van der Waals surface area (Å²) in [5.41, 5.74) is 2.53. The van der Waals surface area contributed by atoms with Crippen molar-refractivity contribution in [3.63, 3.8) is 0 Å². The van der Waals surface area contributed by atoms with E-state index in [1.165, 1.54) is 18.6 Å². The van der Waals surface area contributed by atoms with Crippen LogP contribution in [0.1, 0.15) is 68.9 Å². The van der Waals surface area contributed by atoms with E-state index in [1.807, 2.05) is 0 Å². The van der Waals surface area contributed by atoms with Crippen LogP contribution in [0.25, 0.3) is 11.1 Å². The van der Waals surface area contributed by atoms with E-state index >= 15 is 0 Å². The van der Waals surface area contributed by atoms with Gasteiger partial charge in [-0.1, -0.05) is 43.0 Å².